The summed E-state index contributed by atoms with van der Waals surface area (Å²) in [6.45, 7) is 6.59. The molecule has 1 unspecified atom stereocenters. The molecule has 0 radical (unpaired) electrons. The molecule has 0 aliphatic rings. The number of aromatic nitrogens is 1. The lowest BCUT2D eigenvalue weighted by molar-refractivity contribution is 0.508. The van der Waals surface area contributed by atoms with E-state index in [1.807, 2.05) is 30.3 Å². The molecule has 1 aromatic carbocycles. The van der Waals surface area contributed by atoms with E-state index >= 15 is 0 Å². The van der Waals surface area contributed by atoms with Crippen LogP contribution >= 0.6 is 11.3 Å². The maximum Gasteiger partial charge on any atom is 0.190 e. The number of hydrogen-bond donors (Lipinski definition) is 0. The second kappa shape index (κ2) is 5.32. The monoisotopic (exact) mass is 246 g/mol. The van der Waals surface area contributed by atoms with Crippen molar-refractivity contribution < 1.29 is 0 Å². The number of thiazole rings is 1. The lowest BCUT2D eigenvalue weighted by atomic mass is 10.2. The van der Waals surface area contributed by atoms with Gasteiger partial charge in [0.25, 0.3) is 0 Å². The van der Waals surface area contributed by atoms with Crippen molar-refractivity contribution >= 4 is 17.0 Å². The summed E-state index contributed by atoms with van der Waals surface area (Å²) < 4.78 is 2.32. The molecule has 1 heterocycles. The Morgan fingerprint density at radius 3 is 2.65 bits per heavy atom. The topological polar surface area (TPSA) is 17.3 Å². The highest BCUT2D eigenvalue weighted by molar-refractivity contribution is 7.07. The summed E-state index contributed by atoms with van der Waals surface area (Å²) in [4.78, 5) is 5.80. The molecule has 0 aliphatic heterocycles. The Labute approximate surface area is 106 Å². The first-order valence-corrected chi connectivity index (χ1v) is 6.86. The minimum atomic E-state index is 0.503. The Morgan fingerprint density at radius 1 is 1.29 bits per heavy atom. The highest BCUT2D eigenvalue weighted by Gasteiger charge is 2.07. The van der Waals surface area contributed by atoms with Crippen LogP contribution in [0, 0.1) is 6.92 Å². The van der Waals surface area contributed by atoms with E-state index in [1.165, 1.54) is 5.69 Å². The Morgan fingerprint density at radius 2 is 2.00 bits per heavy atom. The zero-order valence-corrected chi connectivity index (χ0v) is 11.4. The third kappa shape index (κ3) is 2.67. The number of nitrogens with zero attached hydrogens (tertiary/aromatic N) is 2. The molecule has 3 heteroatoms. The number of para-hydroxylation sites is 1. The summed E-state index contributed by atoms with van der Waals surface area (Å²) >= 11 is 1.71. The summed E-state index contributed by atoms with van der Waals surface area (Å²) in [5.74, 6) is 0. The molecule has 0 fully saturated rings. The molecule has 1 aromatic heterocycles. The predicted molar refractivity (Wildman–Crippen MR) is 73.7 cm³/mol. The third-order valence-electron chi connectivity index (χ3n) is 2.93. The largest absolute Gasteiger partial charge is 0.318 e. The standard InChI is InChI=1S/C14H18N2S/c1-4-11(2)16-12(3)10-17-14(16)15-13-8-6-5-7-9-13/h5-11H,4H2,1-3H3. The molecule has 0 N–H and O–H groups in total. The Kier molecular flexibility index (Phi) is 3.79. The second-order valence-electron chi connectivity index (χ2n) is 4.23. The first kappa shape index (κ1) is 12.1. The van der Waals surface area contributed by atoms with Gasteiger partial charge in [-0.2, -0.15) is 0 Å². The molecule has 2 aromatic rings. The zero-order chi connectivity index (χ0) is 12.3. The van der Waals surface area contributed by atoms with Crippen LogP contribution in [0.2, 0.25) is 0 Å². The van der Waals surface area contributed by atoms with Crippen LogP contribution in [0.1, 0.15) is 32.0 Å². The van der Waals surface area contributed by atoms with Crippen molar-refractivity contribution in [3.63, 3.8) is 0 Å². The first-order chi connectivity index (χ1) is 8.22. The van der Waals surface area contributed by atoms with Crippen molar-refractivity contribution in [1.29, 1.82) is 0 Å². The molecule has 0 saturated heterocycles. The number of aryl methyl sites for hydroxylation is 1. The normalized spacial score (nSPS) is 13.9. The zero-order valence-electron chi connectivity index (χ0n) is 10.6. The highest BCUT2D eigenvalue weighted by atomic mass is 32.1. The fourth-order valence-corrected chi connectivity index (χ4v) is 2.80. The van der Waals surface area contributed by atoms with Gasteiger partial charge in [-0.3, -0.25) is 0 Å². The van der Waals surface area contributed by atoms with Crippen molar-refractivity contribution in [2.75, 3.05) is 0 Å². The number of rotatable bonds is 3. The molecule has 0 bridgehead atoms. The van der Waals surface area contributed by atoms with Crippen LogP contribution in [-0.2, 0) is 0 Å². The van der Waals surface area contributed by atoms with Gasteiger partial charge >= 0.3 is 0 Å². The van der Waals surface area contributed by atoms with Gasteiger partial charge in [-0.25, -0.2) is 4.99 Å². The van der Waals surface area contributed by atoms with Crippen LogP contribution in [0.3, 0.4) is 0 Å². The van der Waals surface area contributed by atoms with Gasteiger partial charge in [-0.1, -0.05) is 25.1 Å². The smallest absolute Gasteiger partial charge is 0.190 e. The van der Waals surface area contributed by atoms with Crippen molar-refractivity contribution in [2.24, 2.45) is 4.99 Å². The van der Waals surface area contributed by atoms with Gasteiger partial charge < -0.3 is 4.57 Å². The van der Waals surface area contributed by atoms with Gasteiger partial charge in [0.1, 0.15) is 0 Å². The molecule has 2 rings (SSSR count). The minimum absolute atomic E-state index is 0.503. The lowest BCUT2D eigenvalue weighted by Crippen LogP contribution is -2.19. The van der Waals surface area contributed by atoms with E-state index in [-0.39, 0.29) is 0 Å². The minimum Gasteiger partial charge on any atom is -0.318 e. The van der Waals surface area contributed by atoms with E-state index in [9.17, 15) is 0 Å². The molecule has 17 heavy (non-hydrogen) atoms. The molecule has 90 valence electrons. The highest BCUT2D eigenvalue weighted by Crippen LogP contribution is 2.14. The van der Waals surface area contributed by atoms with Crippen molar-refractivity contribution in [3.8, 4) is 0 Å². The van der Waals surface area contributed by atoms with Gasteiger partial charge in [-0.15, -0.1) is 11.3 Å². The van der Waals surface area contributed by atoms with Crippen molar-refractivity contribution in [2.45, 2.75) is 33.2 Å². The average Bonchev–Trinajstić information content (AvgIpc) is 2.71. The first-order valence-electron chi connectivity index (χ1n) is 5.98. The van der Waals surface area contributed by atoms with E-state index in [0.717, 1.165) is 16.9 Å². The van der Waals surface area contributed by atoms with Crippen molar-refractivity contribution in [1.82, 2.24) is 4.57 Å². The van der Waals surface area contributed by atoms with E-state index in [2.05, 4.69) is 30.7 Å². The molecular formula is C14H18N2S. The fourth-order valence-electron chi connectivity index (χ4n) is 1.81. The quantitative estimate of drug-likeness (QED) is 0.777. The molecule has 0 saturated carbocycles. The Balaban J connectivity index is 2.50. The van der Waals surface area contributed by atoms with E-state index in [0.29, 0.717) is 6.04 Å². The van der Waals surface area contributed by atoms with Crippen LogP contribution < -0.4 is 4.80 Å². The fraction of sp³-hybridized carbons (Fsp3) is 0.357. The SMILES string of the molecule is CCC(C)n1c(C)csc1=Nc1ccccc1. The molecule has 0 amide bonds. The molecule has 2 nitrogen and oxygen atoms in total. The molecule has 0 spiro atoms. The van der Waals surface area contributed by atoms with E-state index in [4.69, 9.17) is 4.99 Å². The molecule has 0 aliphatic carbocycles. The van der Waals surface area contributed by atoms with Crippen LogP contribution in [0.4, 0.5) is 5.69 Å². The van der Waals surface area contributed by atoms with Crippen LogP contribution in [-0.4, -0.2) is 4.57 Å². The predicted octanol–water partition coefficient (Wildman–Crippen LogP) is 4.06. The van der Waals surface area contributed by atoms with E-state index < -0.39 is 0 Å². The van der Waals surface area contributed by atoms with Crippen LogP contribution in [0.25, 0.3) is 0 Å². The summed E-state index contributed by atoms with van der Waals surface area (Å²) in [5.41, 5.74) is 2.31. The summed E-state index contributed by atoms with van der Waals surface area (Å²) in [6.07, 6.45) is 1.12. The third-order valence-corrected chi connectivity index (χ3v) is 3.89. The van der Waals surface area contributed by atoms with E-state index in [1.54, 1.807) is 11.3 Å². The summed E-state index contributed by atoms with van der Waals surface area (Å²) in [5, 5.41) is 2.17. The average molecular weight is 246 g/mol. The van der Waals surface area contributed by atoms with Gasteiger partial charge in [0, 0.05) is 17.1 Å². The Bertz CT molecular complexity index is 537. The molecular weight excluding hydrogens is 228 g/mol. The molecule has 1 atom stereocenters. The van der Waals surface area contributed by atoms with Crippen LogP contribution in [0.15, 0.2) is 40.7 Å². The van der Waals surface area contributed by atoms with Gasteiger partial charge in [-0.05, 0) is 32.4 Å². The van der Waals surface area contributed by atoms with Crippen LogP contribution in [0.5, 0.6) is 0 Å². The summed E-state index contributed by atoms with van der Waals surface area (Å²) in [7, 11) is 0. The Hall–Kier alpha value is -1.35. The van der Waals surface area contributed by atoms with Gasteiger partial charge in [0.05, 0.1) is 5.69 Å². The van der Waals surface area contributed by atoms with Gasteiger partial charge in [0.2, 0.25) is 0 Å². The van der Waals surface area contributed by atoms with Crippen molar-refractivity contribution in [3.05, 3.63) is 46.2 Å². The lowest BCUT2D eigenvalue weighted by Gasteiger charge is -2.13. The van der Waals surface area contributed by atoms with Gasteiger partial charge in [0.15, 0.2) is 4.80 Å². The second-order valence-corrected chi connectivity index (χ2v) is 5.07. The number of benzene rings is 1. The maximum atomic E-state index is 4.71. The number of hydrogen-bond acceptors (Lipinski definition) is 2. The summed E-state index contributed by atoms with van der Waals surface area (Å²) in [6, 6.07) is 10.6. The maximum absolute atomic E-state index is 4.71.